The first-order chi connectivity index (χ1) is 28.2. The van der Waals surface area contributed by atoms with E-state index in [0.717, 1.165) is 69.3 Å². The largest absolute Gasteiger partial charge is 0.508 e. The van der Waals surface area contributed by atoms with Crippen molar-refractivity contribution in [3.05, 3.63) is 89.6 Å². The first-order valence-corrected chi connectivity index (χ1v) is 20.0. The molecule has 0 radical (unpaired) electrons. The molecular formula is C45H41F2N7O4. The smallest absolute Gasteiger partial charge is 0.319 e. The Morgan fingerprint density at radius 1 is 1.03 bits per heavy atom. The molecule has 11 nitrogen and oxygen atoms in total. The van der Waals surface area contributed by atoms with Crippen LogP contribution in [0.25, 0.3) is 32.9 Å². The molecule has 2 amide bonds. The number of hydrogen-bond acceptors (Lipinski definition) is 9. The van der Waals surface area contributed by atoms with Gasteiger partial charge in [0, 0.05) is 48.0 Å². The van der Waals surface area contributed by atoms with Crippen molar-refractivity contribution in [1.29, 1.82) is 0 Å². The SMILES string of the molecule is C#Cc1c(F)ccc2cc(O)cc(-c3ncc4c(N5CC6CCC(C5)N6C(=O)c5ccc6c(c5)N(C(=O)C=C)CC6)nc(OCC56CCCN5CCC6)nc4c3F)c12. The minimum Gasteiger partial charge on any atom is -0.508 e. The number of fused-ring (bicyclic) bond motifs is 6. The number of anilines is 2. The number of ether oxygens (including phenoxy) is 1. The Morgan fingerprint density at radius 3 is 2.55 bits per heavy atom. The van der Waals surface area contributed by atoms with Crippen LogP contribution in [0.4, 0.5) is 20.3 Å². The number of carbonyl (C=O) groups is 2. The van der Waals surface area contributed by atoms with Crippen molar-refractivity contribution in [2.24, 2.45) is 0 Å². The molecule has 10 rings (SSSR count). The highest BCUT2D eigenvalue weighted by Crippen LogP contribution is 2.42. The number of carbonyl (C=O) groups excluding carboxylic acids is 2. The van der Waals surface area contributed by atoms with Crippen molar-refractivity contribution in [1.82, 2.24) is 24.8 Å². The first-order valence-electron chi connectivity index (χ1n) is 20.0. The summed E-state index contributed by atoms with van der Waals surface area (Å²) in [5, 5.41) is 11.7. The number of aromatic nitrogens is 3. The molecule has 2 bridgehead atoms. The maximum absolute atomic E-state index is 17.2. The second-order valence-electron chi connectivity index (χ2n) is 16.2. The van der Waals surface area contributed by atoms with Gasteiger partial charge in [0.25, 0.3) is 5.91 Å². The molecule has 2 atom stereocenters. The summed E-state index contributed by atoms with van der Waals surface area (Å²) in [5.41, 5.74) is 2.05. The maximum atomic E-state index is 17.2. The maximum Gasteiger partial charge on any atom is 0.319 e. The van der Waals surface area contributed by atoms with Gasteiger partial charge >= 0.3 is 6.01 Å². The fourth-order valence-electron chi connectivity index (χ4n) is 10.3. The van der Waals surface area contributed by atoms with Gasteiger partial charge in [-0.1, -0.05) is 24.6 Å². The lowest BCUT2D eigenvalue weighted by Gasteiger charge is -2.42. The fraction of sp³-hybridized carbons (Fsp3) is 0.356. The van der Waals surface area contributed by atoms with Crippen molar-refractivity contribution in [3.8, 4) is 35.4 Å². The monoisotopic (exact) mass is 781 g/mol. The molecule has 3 aromatic carbocycles. The molecule has 0 spiro atoms. The van der Waals surface area contributed by atoms with Crippen molar-refractivity contribution < 1.29 is 28.2 Å². The molecule has 2 aromatic heterocycles. The van der Waals surface area contributed by atoms with Gasteiger partial charge in [0.2, 0.25) is 5.91 Å². The minimum absolute atomic E-state index is 0.0324. The molecule has 0 saturated carbocycles. The summed E-state index contributed by atoms with van der Waals surface area (Å²) in [6, 6.07) is 10.8. The van der Waals surface area contributed by atoms with Crippen LogP contribution in [-0.2, 0) is 11.2 Å². The standard InChI is InChI=1S/C45H41F2N7O4/c1-3-32-35(46)12-9-27-19-31(55)21-33(38(27)32)40-39(47)41-34(22-48-40)42(50-44(49-41)58-25-45-14-5-16-52(45)17-6-15-45)51-23-29-10-11-30(24-51)54(29)43(57)28-8-7-26-13-18-53(36(26)20-28)37(56)4-2/h1,4,7-9,12,19-22,29-30,55H,2,5-6,10-11,13-18,23-25H2. The number of amides is 2. The molecule has 4 fully saturated rings. The average Bonchev–Trinajstić information content (AvgIpc) is 4.00. The molecule has 5 aromatic rings. The quantitative estimate of drug-likeness (QED) is 0.148. The van der Waals surface area contributed by atoms with Crippen LogP contribution in [0, 0.1) is 24.0 Å². The Morgan fingerprint density at radius 2 is 1.81 bits per heavy atom. The number of terminal acetylenes is 1. The van der Waals surface area contributed by atoms with Crippen LogP contribution >= 0.6 is 0 Å². The van der Waals surface area contributed by atoms with Gasteiger partial charge in [-0.05, 0) is 105 Å². The van der Waals surface area contributed by atoms with Crippen molar-refractivity contribution in [2.75, 3.05) is 49.1 Å². The molecule has 0 aliphatic carbocycles. The highest BCUT2D eigenvalue weighted by atomic mass is 19.1. The van der Waals surface area contributed by atoms with Crippen LogP contribution in [0.2, 0.25) is 0 Å². The van der Waals surface area contributed by atoms with Crippen LogP contribution < -0.4 is 14.5 Å². The molecule has 2 unspecified atom stereocenters. The molecule has 58 heavy (non-hydrogen) atoms. The predicted octanol–water partition coefficient (Wildman–Crippen LogP) is 6.39. The highest BCUT2D eigenvalue weighted by molar-refractivity contribution is 6.05. The van der Waals surface area contributed by atoms with Gasteiger partial charge in [0.1, 0.15) is 35.2 Å². The third kappa shape index (κ3) is 5.68. The molecule has 5 aliphatic rings. The number of rotatable bonds is 7. The van der Waals surface area contributed by atoms with Gasteiger partial charge in [0.15, 0.2) is 5.82 Å². The summed E-state index contributed by atoms with van der Waals surface area (Å²) in [4.78, 5) is 49.1. The van der Waals surface area contributed by atoms with Crippen LogP contribution in [0.15, 0.2) is 61.3 Å². The normalized spacial score (nSPS) is 20.7. The van der Waals surface area contributed by atoms with Gasteiger partial charge in [-0.2, -0.15) is 9.97 Å². The molecular weight excluding hydrogens is 741 g/mol. The van der Waals surface area contributed by atoms with Crippen molar-refractivity contribution in [3.63, 3.8) is 0 Å². The van der Waals surface area contributed by atoms with E-state index < -0.39 is 11.6 Å². The van der Waals surface area contributed by atoms with Crippen LogP contribution in [0.5, 0.6) is 11.8 Å². The van der Waals surface area contributed by atoms with Crippen LogP contribution in [-0.4, -0.2) is 98.6 Å². The third-order valence-corrected chi connectivity index (χ3v) is 13.1. The highest BCUT2D eigenvalue weighted by Gasteiger charge is 2.46. The van der Waals surface area contributed by atoms with E-state index >= 15 is 8.78 Å². The van der Waals surface area contributed by atoms with Gasteiger partial charge in [0.05, 0.1) is 28.6 Å². The van der Waals surface area contributed by atoms with E-state index in [9.17, 15) is 14.7 Å². The lowest BCUT2D eigenvalue weighted by Crippen LogP contribution is -2.56. The molecule has 1 N–H and O–H groups in total. The van der Waals surface area contributed by atoms with E-state index in [4.69, 9.17) is 16.1 Å². The molecule has 7 heterocycles. The lowest BCUT2D eigenvalue weighted by atomic mass is 9.95. The number of benzene rings is 3. The fourth-order valence-corrected chi connectivity index (χ4v) is 10.3. The van der Waals surface area contributed by atoms with Gasteiger partial charge in [-0.25, -0.2) is 8.78 Å². The van der Waals surface area contributed by atoms with E-state index in [-0.39, 0.29) is 68.9 Å². The number of phenolic OH excluding ortho intramolecular Hbond substituents is 1. The van der Waals surface area contributed by atoms with E-state index in [2.05, 4.69) is 32.3 Å². The van der Waals surface area contributed by atoms with E-state index in [1.165, 1.54) is 36.5 Å². The molecule has 13 heteroatoms. The predicted molar refractivity (Wildman–Crippen MR) is 216 cm³/mol. The zero-order valence-electron chi connectivity index (χ0n) is 31.9. The van der Waals surface area contributed by atoms with E-state index in [0.29, 0.717) is 48.4 Å². The number of nitrogens with zero attached hydrogens (tertiary/aromatic N) is 7. The Hall–Kier alpha value is -6.13. The third-order valence-electron chi connectivity index (χ3n) is 13.1. The second-order valence-corrected chi connectivity index (χ2v) is 16.2. The summed E-state index contributed by atoms with van der Waals surface area (Å²) in [6.45, 7) is 7.44. The Balaban J connectivity index is 1.03. The lowest BCUT2D eigenvalue weighted by molar-refractivity contribution is -0.114. The number of hydrogen-bond donors (Lipinski definition) is 1. The van der Waals surface area contributed by atoms with E-state index in [1.807, 2.05) is 23.1 Å². The zero-order valence-corrected chi connectivity index (χ0v) is 31.9. The number of halogens is 2. The van der Waals surface area contributed by atoms with Crippen molar-refractivity contribution in [2.45, 2.75) is 62.6 Å². The number of pyridine rings is 1. The van der Waals surface area contributed by atoms with Crippen LogP contribution in [0.3, 0.4) is 0 Å². The molecule has 294 valence electrons. The molecule has 5 aliphatic heterocycles. The van der Waals surface area contributed by atoms with Gasteiger partial charge < -0.3 is 24.5 Å². The number of aromatic hydroxyl groups is 1. The summed E-state index contributed by atoms with van der Waals surface area (Å²) in [6.07, 6.45) is 15.0. The summed E-state index contributed by atoms with van der Waals surface area (Å²) in [7, 11) is 0. The Bertz CT molecular complexity index is 2600. The summed E-state index contributed by atoms with van der Waals surface area (Å²) < 4.78 is 38.7. The first kappa shape index (κ1) is 36.2. The van der Waals surface area contributed by atoms with Crippen molar-refractivity contribution >= 4 is 45.0 Å². The zero-order chi connectivity index (χ0) is 39.9. The average molecular weight is 782 g/mol. The van der Waals surface area contributed by atoms with E-state index in [1.54, 1.807) is 4.90 Å². The number of phenols is 1. The summed E-state index contributed by atoms with van der Waals surface area (Å²) >= 11 is 0. The Kier molecular flexibility index (Phi) is 8.60. The number of piperazine rings is 1. The van der Waals surface area contributed by atoms with Crippen LogP contribution in [0.1, 0.15) is 60.0 Å². The molecule has 4 saturated heterocycles. The second kappa shape index (κ2) is 13.8. The Labute approximate surface area is 333 Å². The summed E-state index contributed by atoms with van der Waals surface area (Å²) in [5.74, 6) is 0.950. The van der Waals surface area contributed by atoms with Gasteiger partial charge in [-0.15, -0.1) is 6.42 Å². The van der Waals surface area contributed by atoms with Gasteiger partial charge in [-0.3, -0.25) is 19.5 Å². The minimum atomic E-state index is -0.788. The topological polar surface area (TPSA) is 115 Å².